The van der Waals surface area contributed by atoms with Gasteiger partial charge in [0.25, 0.3) is 0 Å². The van der Waals surface area contributed by atoms with Crippen LogP contribution in [0.2, 0.25) is 0 Å². The predicted molar refractivity (Wildman–Crippen MR) is 52.7 cm³/mol. The lowest BCUT2D eigenvalue weighted by atomic mass is 9.99. The van der Waals surface area contributed by atoms with Crippen LogP contribution in [0.4, 0.5) is 0 Å². The molecule has 2 N–H and O–H groups in total. The molecule has 2 saturated heterocycles. The minimum atomic E-state index is 0.0345. The van der Waals surface area contributed by atoms with Gasteiger partial charge in [-0.15, -0.1) is 0 Å². The van der Waals surface area contributed by atoms with E-state index in [1.807, 2.05) is 4.90 Å². The average Bonchev–Trinajstić information content (AvgIpc) is 2.73. The molecule has 3 atom stereocenters. The molecule has 2 rings (SSSR count). The Labute approximate surface area is 84.4 Å². The van der Waals surface area contributed by atoms with E-state index in [-0.39, 0.29) is 11.9 Å². The van der Waals surface area contributed by atoms with Crippen LogP contribution in [-0.2, 0) is 9.53 Å². The third-order valence-corrected chi connectivity index (χ3v) is 3.33. The molecular weight excluding hydrogens is 180 g/mol. The Balaban J connectivity index is 1.96. The maximum Gasteiger partial charge on any atom is 0.224 e. The van der Waals surface area contributed by atoms with Crippen molar-refractivity contribution in [1.82, 2.24) is 4.90 Å². The maximum absolute atomic E-state index is 11.6. The number of ether oxygens (including phenoxy) is 1. The van der Waals surface area contributed by atoms with Crippen molar-refractivity contribution >= 4 is 5.91 Å². The molecule has 3 unspecified atom stereocenters. The summed E-state index contributed by atoms with van der Waals surface area (Å²) in [7, 11) is 0. The van der Waals surface area contributed by atoms with E-state index in [1.54, 1.807) is 0 Å². The van der Waals surface area contributed by atoms with Crippen molar-refractivity contribution in [3.05, 3.63) is 0 Å². The van der Waals surface area contributed by atoms with Crippen LogP contribution in [-0.4, -0.2) is 42.6 Å². The largest absolute Gasteiger partial charge is 0.381 e. The van der Waals surface area contributed by atoms with Gasteiger partial charge in [-0.1, -0.05) is 0 Å². The van der Waals surface area contributed by atoms with Crippen LogP contribution in [0.25, 0.3) is 0 Å². The number of hydrogen-bond donors (Lipinski definition) is 1. The summed E-state index contributed by atoms with van der Waals surface area (Å²) in [5.74, 6) is 0.709. The Hall–Kier alpha value is -0.610. The zero-order valence-electron chi connectivity index (χ0n) is 8.61. The molecule has 0 aromatic heterocycles. The first-order chi connectivity index (χ1) is 6.68. The molecule has 80 valence electrons. The fourth-order valence-electron chi connectivity index (χ4n) is 2.34. The van der Waals surface area contributed by atoms with Crippen molar-refractivity contribution in [2.24, 2.45) is 11.7 Å². The van der Waals surface area contributed by atoms with Gasteiger partial charge in [0.1, 0.15) is 0 Å². The molecule has 4 heteroatoms. The van der Waals surface area contributed by atoms with E-state index < -0.39 is 0 Å². The summed E-state index contributed by atoms with van der Waals surface area (Å²) in [5, 5.41) is 0. The third-order valence-electron chi connectivity index (χ3n) is 3.33. The zero-order valence-corrected chi connectivity index (χ0v) is 8.61. The standard InChI is InChI=1S/C10H18N2O2/c1-7(8-2-3-14-6-8)12-5-9(11)4-10(12)13/h7-9H,2-6,11H2,1H3. The molecule has 2 aliphatic rings. The van der Waals surface area contributed by atoms with E-state index in [0.29, 0.717) is 18.4 Å². The fourth-order valence-corrected chi connectivity index (χ4v) is 2.34. The Morgan fingerprint density at radius 2 is 2.43 bits per heavy atom. The second kappa shape index (κ2) is 3.87. The highest BCUT2D eigenvalue weighted by molar-refractivity contribution is 5.79. The molecule has 2 fully saturated rings. The van der Waals surface area contributed by atoms with E-state index in [2.05, 4.69) is 6.92 Å². The van der Waals surface area contributed by atoms with Gasteiger partial charge in [0.15, 0.2) is 0 Å². The first kappa shape index (κ1) is 9.93. The topological polar surface area (TPSA) is 55.6 Å². The third kappa shape index (κ3) is 1.77. The number of carbonyl (C=O) groups is 1. The Morgan fingerprint density at radius 3 is 2.93 bits per heavy atom. The summed E-state index contributed by atoms with van der Waals surface area (Å²) in [6, 6.07) is 0.325. The molecule has 2 heterocycles. The lowest BCUT2D eigenvalue weighted by Crippen LogP contribution is -2.40. The summed E-state index contributed by atoms with van der Waals surface area (Å²) >= 11 is 0. The van der Waals surface area contributed by atoms with Crippen molar-refractivity contribution < 1.29 is 9.53 Å². The summed E-state index contributed by atoms with van der Waals surface area (Å²) in [6.07, 6.45) is 1.58. The van der Waals surface area contributed by atoms with Gasteiger partial charge in [0.05, 0.1) is 6.61 Å². The molecule has 0 aliphatic carbocycles. The molecule has 0 radical (unpaired) electrons. The molecule has 4 nitrogen and oxygen atoms in total. The van der Waals surface area contributed by atoms with Gasteiger partial charge in [0, 0.05) is 37.6 Å². The van der Waals surface area contributed by atoms with Crippen molar-refractivity contribution in [2.75, 3.05) is 19.8 Å². The maximum atomic E-state index is 11.6. The SMILES string of the molecule is CC(C1CCOC1)N1CC(N)CC1=O. The van der Waals surface area contributed by atoms with Crippen LogP contribution >= 0.6 is 0 Å². The summed E-state index contributed by atoms with van der Waals surface area (Å²) < 4.78 is 5.33. The number of nitrogens with two attached hydrogens (primary N) is 1. The van der Waals surface area contributed by atoms with E-state index in [0.717, 1.165) is 26.2 Å². The van der Waals surface area contributed by atoms with Crippen LogP contribution < -0.4 is 5.73 Å². The number of hydrogen-bond acceptors (Lipinski definition) is 3. The first-order valence-electron chi connectivity index (χ1n) is 5.31. The Bertz CT molecular complexity index is 226. The van der Waals surface area contributed by atoms with Crippen LogP contribution in [0.1, 0.15) is 19.8 Å². The molecule has 0 saturated carbocycles. The number of likely N-dealkylation sites (tertiary alicyclic amines) is 1. The van der Waals surface area contributed by atoms with Crippen molar-refractivity contribution in [1.29, 1.82) is 0 Å². The summed E-state index contributed by atoms with van der Waals surface area (Å²) in [6.45, 7) is 4.45. The number of rotatable bonds is 2. The number of carbonyl (C=O) groups excluding carboxylic acids is 1. The van der Waals surface area contributed by atoms with Gasteiger partial charge >= 0.3 is 0 Å². The van der Waals surface area contributed by atoms with Crippen molar-refractivity contribution in [2.45, 2.75) is 31.8 Å². The second-order valence-corrected chi connectivity index (χ2v) is 4.37. The van der Waals surface area contributed by atoms with E-state index >= 15 is 0 Å². The van der Waals surface area contributed by atoms with Crippen LogP contribution in [0.15, 0.2) is 0 Å². The molecule has 2 aliphatic heterocycles. The molecule has 0 spiro atoms. The average molecular weight is 198 g/mol. The van der Waals surface area contributed by atoms with Gasteiger partial charge in [-0.25, -0.2) is 0 Å². The minimum Gasteiger partial charge on any atom is -0.381 e. The van der Waals surface area contributed by atoms with Gasteiger partial charge in [-0.05, 0) is 13.3 Å². The smallest absolute Gasteiger partial charge is 0.224 e. The van der Waals surface area contributed by atoms with Crippen LogP contribution in [0, 0.1) is 5.92 Å². The molecule has 0 bridgehead atoms. The van der Waals surface area contributed by atoms with Gasteiger partial charge < -0.3 is 15.4 Å². The first-order valence-corrected chi connectivity index (χ1v) is 5.31. The van der Waals surface area contributed by atoms with Gasteiger partial charge in [-0.2, -0.15) is 0 Å². The van der Waals surface area contributed by atoms with Gasteiger partial charge in [0.2, 0.25) is 5.91 Å². The summed E-state index contributed by atoms with van der Waals surface area (Å²) in [5.41, 5.74) is 5.76. The quantitative estimate of drug-likeness (QED) is 0.678. The predicted octanol–water partition coefficient (Wildman–Crippen LogP) is -0.0290. The highest BCUT2D eigenvalue weighted by Gasteiger charge is 2.35. The lowest BCUT2D eigenvalue weighted by Gasteiger charge is -2.28. The highest BCUT2D eigenvalue weighted by Crippen LogP contribution is 2.24. The fraction of sp³-hybridized carbons (Fsp3) is 0.900. The van der Waals surface area contributed by atoms with Crippen molar-refractivity contribution in [3.63, 3.8) is 0 Å². The molecule has 0 aromatic carbocycles. The minimum absolute atomic E-state index is 0.0345. The number of nitrogens with zero attached hydrogens (tertiary/aromatic N) is 1. The second-order valence-electron chi connectivity index (χ2n) is 4.37. The molecule has 1 amide bonds. The highest BCUT2D eigenvalue weighted by atomic mass is 16.5. The molecule has 14 heavy (non-hydrogen) atoms. The molecular formula is C10H18N2O2. The van der Waals surface area contributed by atoms with E-state index in [4.69, 9.17) is 10.5 Å². The molecule has 0 aromatic rings. The lowest BCUT2D eigenvalue weighted by molar-refractivity contribution is -0.130. The summed E-state index contributed by atoms with van der Waals surface area (Å²) in [4.78, 5) is 13.5. The van der Waals surface area contributed by atoms with Crippen LogP contribution in [0.3, 0.4) is 0 Å². The number of amides is 1. The normalized spacial score (nSPS) is 35.3. The van der Waals surface area contributed by atoms with Gasteiger partial charge in [-0.3, -0.25) is 4.79 Å². The monoisotopic (exact) mass is 198 g/mol. The van der Waals surface area contributed by atoms with Crippen molar-refractivity contribution in [3.8, 4) is 0 Å². The Morgan fingerprint density at radius 1 is 1.64 bits per heavy atom. The Kier molecular flexibility index (Phi) is 2.74. The van der Waals surface area contributed by atoms with Crippen LogP contribution in [0.5, 0.6) is 0 Å². The zero-order chi connectivity index (χ0) is 10.1. The van der Waals surface area contributed by atoms with E-state index in [9.17, 15) is 4.79 Å². The van der Waals surface area contributed by atoms with E-state index in [1.165, 1.54) is 0 Å².